The summed E-state index contributed by atoms with van der Waals surface area (Å²) in [6, 6.07) is 10.1. The van der Waals surface area contributed by atoms with E-state index in [2.05, 4.69) is 35.9 Å². The molecule has 4 heteroatoms. The van der Waals surface area contributed by atoms with Gasteiger partial charge in [0.1, 0.15) is 0 Å². The van der Waals surface area contributed by atoms with Gasteiger partial charge in [-0.15, -0.1) is 0 Å². The zero-order valence-corrected chi connectivity index (χ0v) is 12.9. The van der Waals surface area contributed by atoms with Crippen LogP contribution in [0.4, 0.5) is 11.4 Å². The molecule has 0 aliphatic carbocycles. The third-order valence-electron chi connectivity index (χ3n) is 3.36. The van der Waals surface area contributed by atoms with Crippen LogP contribution >= 0.6 is 0 Å². The van der Waals surface area contributed by atoms with Crippen molar-refractivity contribution in [2.75, 3.05) is 23.7 Å². The van der Waals surface area contributed by atoms with Gasteiger partial charge in [0.2, 0.25) is 0 Å². The molecule has 0 aliphatic heterocycles. The van der Waals surface area contributed by atoms with Crippen molar-refractivity contribution in [1.29, 1.82) is 5.26 Å². The highest BCUT2D eigenvalue weighted by atomic mass is 15.1. The Kier molecular flexibility index (Phi) is 4.64. The van der Waals surface area contributed by atoms with Crippen molar-refractivity contribution < 1.29 is 0 Å². The Morgan fingerprint density at radius 2 is 2.10 bits per heavy atom. The van der Waals surface area contributed by atoms with E-state index in [1.54, 1.807) is 0 Å². The third kappa shape index (κ3) is 3.63. The third-order valence-corrected chi connectivity index (χ3v) is 3.36. The molecule has 0 atom stereocenters. The number of rotatable bonds is 5. The largest absolute Gasteiger partial charge is 0.399 e. The van der Waals surface area contributed by atoms with Crippen molar-refractivity contribution >= 4 is 22.3 Å². The number of nitrogens with zero attached hydrogens (tertiary/aromatic N) is 3. The van der Waals surface area contributed by atoms with Crippen molar-refractivity contribution in [3.8, 4) is 6.07 Å². The lowest BCUT2D eigenvalue weighted by Gasteiger charge is -2.27. The van der Waals surface area contributed by atoms with Crippen molar-refractivity contribution in [2.24, 2.45) is 5.92 Å². The summed E-state index contributed by atoms with van der Waals surface area (Å²) in [5, 5.41) is 9.95. The number of hydrogen-bond acceptors (Lipinski definition) is 4. The molecule has 2 aromatic rings. The van der Waals surface area contributed by atoms with E-state index in [1.807, 2.05) is 25.1 Å². The summed E-state index contributed by atoms with van der Waals surface area (Å²) < 4.78 is 0. The van der Waals surface area contributed by atoms with E-state index in [0.29, 0.717) is 12.3 Å². The fourth-order valence-corrected chi connectivity index (χ4v) is 2.55. The Labute approximate surface area is 126 Å². The predicted octanol–water partition coefficient (Wildman–Crippen LogP) is 3.50. The Morgan fingerprint density at radius 3 is 2.76 bits per heavy atom. The van der Waals surface area contributed by atoms with Crippen molar-refractivity contribution in [3.05, 3.63) is 30.0 Å². The van der Waals surface area contributed by atoms with Gasteiger partial charge in [0.15, 0.2) is 0 Å². The van der Waals surface area contributed by atoms with Crippen LogP contribution in [0, 0.1) is 24.2 Å². The van der Waals surface area contributed by atoms with Crippen LogP contribution in [0.5, 0.6) is 0 Å². The molecule has 0 radical (unpaired) electrons. The summed E-state index contributed by atoms with van der Waals surface area (Å²) in [7, 11) is 0. The zero-order chi connectivity index (χ0) is 15.4. The molecule has 1 aromatic heterocycles. The summed E-state index contributed by atoms with van der Waals surface area (Å²) in [4.78, 5) is 6.84. The normalized spacial score (nSPS) is 10.8. The number of fused-ring (bicyclic) bond motifs is 1. The number of nitrogen functional groups attached to an aromatic ring is 1. The second-order valence-corrected chi connectivity index (χ2v) is 5.81. The summed E-state index contributed by atoms with van der Waals surface area (Å²) >= 11 is 0. The maximum atomic E-state index is 8.90. The molecular formula is C17H22N4. The highest BCUT2D eigenvalue weighted by molar-refractivity contribution is 5.94. The first-order valence-corrected chi connectivity index (χ1v) is 7.30. The molecular weight excluding hydrogens is 260 g/mol. The van der Waals surface area contributed by atoms with E-state index >= 15 is 0 Å². The van der Waals surface area contributed by atoms with Gasteiger partial charge in [-0.2, -0.15) is 5.26 Å². The lowest BCUT2D eigenvalue weighted by atomic mass is 10.1. The molecule has 4 nitrogen and oxygen atoms in total. The second-order valence-electron chi connectivity index (χ2n) is 5.81. The molecule has 1 heterocycles. The first-order chi connectivity index (χ1) is 10.0. The summed E-state index contributed by atoms with van der Waals surface area (Å²) in [6.45, 7) is 8.00. The van der Waals surface area contributed by atoms with E-state index < -0.39 is 0 Å². The molecule has 0 aliphatic rings. The quantitative estimate of drug-likeness (QED) is 0.852. The number of aromatic nitrogens is 1. The maximum absolute atomic E-state index is 8.90. The van der Waals surface area contributed by atoms with E-state index in [1.165, 1.54) is 0 Å². The first-order valence-electron chi connectivity index (χ1n) is 7.30. The number of aryl methyl sites for hydroxylation is 1. The van der Waals surface area contributed by atoms with Crippen LogP contribution in [0.1, 0.15) is 26.0 Å². The van der Waals surface area contributed by atoms with E-state index in [-0.39, 0.29) is 0 Å². The molecule has 0 spiro atoms. The molecule has 0 saturated heterocycles. The van der Waals surface area contributed by atoms with Crippen molar-refractivity contribution in [1.82, 2.24) is 4.98 Å². The number of pyridine rings is 1. The summed E-state index contributed by atoms with van der Waals surface area (Å²) in [5.74, 6) is 0.522. The van der Waals surface area contributed by atoms with Gasteiger partial charge >= 0.3 is 0 Å². The average Bonchev–Trinajstić information content (AvgIpc) is 2.42. The van der Waals surface area contributed by atoms with E-state index in [0.717, 1.165) is 41.1 Å². The lowest BCUT2D eigenvalue weighted by Crippen LogP contribution is -2.29. The Hall–Kier alpha value is -2.28. The zero-order valence-electron chi connectivity index (χ0n) is 12.9. The Morgan fingerprint density at radius 1 is 1.33 bits per heavy atom. The molecule has 110 valence electrons. The molecule has 0 bridgehead atoms. The van der Waals surface area contributed by atoms with Gasteiger partial charge in [0.05, 0.1) is 18.0 Å². The topological polar surface area (TPSA) is 65.9 Å². The van der Waals surface area contributed by atoms with Crippen LogP contribution in [-0.2, 0) is 0 Å². The van der Waals surface area contributed by atoms with Gasteiger partial charge in [-0.25, -0.2) is 0 Å². The smallest absolute Gasteiger partial charge is 0.0727 e. The molecule has 21 heavy (non-hydrogen) atoms. The minimum atomic E-state index is 0.512. The number of anilines is 2. The van der Waals surface area contributed by atoms with Gasteiger partial charge in [0.25, 0.3) is 0 Å². The van der Waals surface area contributed by atoms with Crippen LogP contribution < -0.4 is 10.6 Å². The molecule has 0 saturated carbocycles. The van der Waals surface area contributed by atoms with Crippen LogP contribution in [0.2, 0.25) is 0 Å². The number of nitrogens with two attached hydrogens (primary N) is 1. The summed E-state index contributed by atoms with van der Waals surface area (Å²) in [6.07, 6.45) is 0.512. The van der Waals surface area contributed by atoms with Crippen molar-refractivity contribution in [3.63, 3.8) is 0 Å². The lowest BCUT2D eigenvalue weighted by molar-refractivity contribution is 0.613. The average molecular weight is 282 g/mol. The van der Waals surface area contributed by atoms with E-state index in [4.69, 9.17) is 11.0 Å². The molecule has 2 N–H and O–H groups in total. The van der Waals surface area contributed by atoms with Gasteiger partial charge < -0.3 is 10.6 Å². The van der Waals surface area contributed by atoms with Gasteiger partial charge in [0, 0.05) is 35.5 Å². The number of nitriles is 1. The Bertz CT molecular complexity index is 670. The molecule has 1 aromatic carbocycles. The molecule has 0 amide bonds. The molecule has 0 unspecified atom stereocenters. The second kappa shape index (κ2) is 6.45. The highest BCUT2D eigenvalue weighted by Crippen LogP contribution is 2.29. The van der Waals surface area contributed by atoms with E-state index in [9.17, 15) is 0 Å². The van der Waals surface area contributed by atoms with Gasteiger partial charge in [-0.05, 0) is 37.1 Å². The summed E-state index contributed by atoms with van der Waals surface area (Å²) in [5.41, 5.74) is 9.72. The van der Waals surface area contributed by atoms with Gasteiger partial charge in [-0.1, -0.05) is 13.8 Å². The SMILES string of the molecule is Cc1cc(N(CCC#N)CC(C)C)c2cc(N)ccc2n1. The van der Waals surface area contributed by atoms with Crippen LogP contribution in [0.25, 0.3) is 10.9 Å². The van der Waals surface area contributed by atoms with Crippen LogP contribution in [0.3, 0.4) is 0 Å². The van der Waals surface area contributed by atoms with Crippen LogP contribution in [-0.4, -0.2) is 18.1 Å². The minimum absolute atomic E-state index is 0.512. The monoisotopic (exact) mass is 282 g/mol. The minimum Gasteiger partial charge on any atom is -0.399 e. The first kappa shape index (κ1) is 15.1. The maximum Gasteiger partial charge on any atom is 0.0727 e. The highest BCUT2D eigenvalue weighted by Gasteiger charge is 2.13. The Balaban J connectivity index is 2.54. The van der Waals surface area contributed by atoms with Crippen molar-refractivity contribution in [2.45, 2.75) is 27.2 Å². The van der Waals surface area contributed by atoms with Crippen LogP contribution in [0.15, 0.2) is 24.3 Å². The fraction of sp³-hybridized carbons (Fsp3) is 0.412. The number of hydrogen-bond donors (Lipinski definition) is 1. The number of benzene rings is 1. The molecule has 0 fully saturated rings. The predicted molar refractivity (Wildman–Crippen MR) is 88.2 cm³/mol. The fourth-order valence-electron chi connectivity index (χ4n) is 2.55. The molecule has 2 rings (SSSR count). The standard InChI is InChI=1S/C17H22N4/c1-12(2)11-21(8-4-7-18)17-9-13(3)20-16-6-5-14(19)10-15(16)17/h5-6,9-10,12H,4,8,11,19H2,1-3H3. The van der Waals surface area contributed by atoms with Gasteiger partial charge in [-0.3, -0.25) is 4.98 Å².